The quantitative estimate of drug-likeness (QED) is 0.0479. The maximum Gasteiger partial charge on any atom is 0.187 e. The number of ether oxygens (including phenoxy) is 12. The second-order valence-electron chi connectivity index (χ2n) is 25.4. The molecule has 0 radical (unpaired) electrons. The minimum absolute atomic E-state index is 0.00152. The highest BCUT2D eigenvalue weighted by atomic mass is 32.1. The van der Waals surface area contributed by atoms with Gasteiger partial charge in [0.25, 0.3) is 0 Å². The molecule has 9 rings (SSSR count). The predicted molar refractivity (Wildman–Crippen MR) is 337 cm³/mol. The van der Waals surface area contributed by atoms with Gasteiger partial charge in [-0.1, -0.05) is 6.07 Å². The first-order chi connectivity index (χ1) is 45.5. The Morgan fingerprint density at radius 1 is 0.354 bits per heavy atom. The van der Waals surface area contributed by atoms with Crippen LogP contribution in [0.5, 0.6) is 0 Å². The number of benzene rings is 1. The summed E-state index contributed by atoms with van der Waals surface area (Å²) in [5.41, 5.74) is 74.8. The van der Waals surface area contributed by atoms with Crippen LogP contribution in [0.1, 0.15) is 12.8 Å². The molecule has 40 N–H and O–H groups in total. The van der Waals surface area contributed by atoms with E-state index in [0.717, 1.165) is 0 Å². The number of nitrogens with one attached hydrogen (secondary N) is 4. The normalized spacial score (nSPS) is 48.5. The van der Waals surface area contributed by atoms with Crippen LogP contribution in [0.2, 0.25) is 0 Å². The molecule has 0 bridgehead atoms. The Morgan fingerprint density at radius 3 is 0.917 bits per heavy atom. The molecule has 0 spiro atoms. The number of hydrogen-bond acceptors (Lipinski definition) is 38. The minimum atomic E-state index is -1.75. The highest BCUT2D eigenvalue weighted by Gasteiger charge is 2.58. The second-order valence-corrected chi connectivity index (χ2v) is 26.2. The lowest BCUT2D eigenvalue weighted by molar-refractivity contribution is -0.306. The van der Waals surface area contributed by atoms with E-state index in [-0.39, 0.29) is 62.3 Å². The van der Waals surface area contributed by atoms with Gasteiger partial charge >= 0.3 is 0 Å². The molecule has 0 aromatic heterocycles. The number of thiocarbonyl (C=S) groups is 2. The van der Waals surface area contributed by atoms with E-state index < -0.39 is 233 Å². The molecule has 0 amide bonds. The minimum Gasteiger partial charge on any atom is -0.389 e. The predicted octanol–water partition coefficient (Wildman–Crippen LogP) is -15.5. The second kappa shape index (κ2) is 33.5. The van der Waals surface area contributed by atoms with Crippen molar-refractivity contribution in [2.75, 3.05) is 49.9 Å². The van der Waals surface area contributed by atoms with Gasteiger partial charge in [-0.2, -0.15) is 0 Å². The molecule has 96 heavy (non-hydrogen) atoms. The molecule has 1 aromatic rings. The number of aliphatic hydroxyl groups is 12. The SMILES string of the molecule is NCC1O[C@H](OC2C(N)C[C@@H](N)C(O)[C@H]2O[C@@H]2O[C@H](CNC(=S)Nc3cccc(NC(=S)NC[C@H]4O[C@@H](OC5C(O[C@@H]6OC(CN)C(O)[C@H](O)C6N)C(N)C[C@H](N)[C@@H]5O)C(O)C4O[C@@H]4O[C@H](CN)C(O)C(O)C4N)c3)[C@H](O[C@H]3O[C@@H](CN)C(O)C(O)C3N)C2O)C(N)[C@@H](O)C1O. The third-order valence-corrected chi connectivity index (χ3v) is 19.2. The molecule has 38 atom stereocenters. The van der Waals surface area contributed by atoms with Crippen molar-refractivity contribution in [2.45, 2.75) is 245 Å². The lowest BCUT2D eigenvalue weighted by Crippen LogP contribution is -2.68. The fourth-order valence-corrected chi connectivity index (χ4v) is 13.3. The van der Waals surface area contributed by atoms with Crippen LogP contribution in [-0.2, 0) is 56.8 Å². The van der Waals surface area contributed by atoms with Crippen LogP contribution in [-0.4, -0.2) is 343 Å². The maximum absolute atomic E-state index is 12.0. The van der Waals surface area contributed by atoms with E-state index in [9.17, 15) is 61.3 Å². The third-order valence-electron chi connectivity index (χ3n) is 18.7. The monoisotopic (exact) mass is 1420 g/mol. The summed E-state index contributed by atoms with van der Waals surface area (Å²) in [5.74, 6) is 0. The molecule has 40 nitrogen and oxygen atoms in total. The topological polar surface area (TPSA) is 714 Å². The summed E-state index contributed by atoms with van der Waals surface area (Å²) in [6.45, 7) is -1.47. The highest BCUT2D eigenvalue weighted by molar-refractivity contribution is 7.80. The Morgan fingerprint density at radius 2 is 0.625 bits per heavy atom. The first-order valence-electron chi connectivity index (χ1n) is 31.6. The van der Waals surface area contributed by atoms with E-state index in [1.165, 1.54) is 0 Å². The maximum atomic E-state index is 12.0. The van der Waals surface area contributed by atoms with Crippen LogP contribution in [0.15, 0.2) is 24.3 Å². The van der Waals surface area contributed by atoms with Gasteiger partial charge in [-0.15, -0.1) is 0 Å². The summed E-state index contributed by atoms with van der Waals surface area (Å²) in [6.07, 6.45) is -43.2. The van der Waals surface area contributed by atoms with Crippen LogP contribution in [0, 0.1) is 0 Å². The Balaban J connectivity index is 0.863. The van der Waals surface area contributed by atoms with E-state index in [1.54, 1.807) is 24.3 Å². The zero-order chi connectivity index (χ0) is 70.0. The van der Waals surface area contributed by atoms with Gasteiger partial charge in [-0.25, -0.2) is 0 Å². The lowest BCUT2D eigenvalue weighted by atomic mass is 9.84. The molecular weight excluding hydrogens is 1320 g/mol. The van der Waals surface area contributed by atoms with Gasteiger partial charge < -0.3 is 208 Å². The summed E-state index contributed by atoms with van der Waals surface area (Å²) < 4.78 is 73.3. The molecule has 550 valence electrons. The lowest BCUT2D eigenvalue weighted by Gasteiger charge is -2.47. The number of anilines is 2. The third kappa shape index (κ3) is 16.9. The van der Waals surface area contributed by atoms with Crippen LogP contribution in [0.25, 0.3) is 0 Å². The number of nitrogens with two attached hydrogens (primary N) is 12. The van der Waals surface area contributed by atoms with Crippen molar-refractivity contribution in [3.05, 3.63) is 24.3 Å². The summed E-state index contributed by atoms with van der Waals surface area (Å²) >= 11 is 11.4. The smallest absolute Gasteiger partial charge is 0.187 e. The van der Waals surface area contributed by atoms with E-state index in [2.05, 4.69) is 21.3 Å². The van der Waals surface area contributed by atoms with Gasteiger partial charge in [0.15, 0.2) is 48.0 Å². The molecule has 2 aliphatic carbocycles. The molecule has 8 fully saturated rings. The fourth-order valence-electron chi connectivity index (χ4n) is 12.9. The van der Waals surface area contributed by atoms with E-state index in [4.69, 9.17) is 150 Å². The average Bonchev–Trinajstić information content (AvgIpc) is 1.16. The van der Waals surface area contributed by atoms with Gasteiger partial charge in [-0.05, 0) is 55.5 Å². The van der Waals surface area contributed by atoms with Gasteiger partial charge in [0.1, 0.15) is 134 Å². The Labute approximate surface area is 561 Å². The molecule has 8 aliphatic rings. The average molecular weight is 1420 g/mol. The van der Waals surface area contributed by atoms with Crippen LogP contribution in [0.4, 0.5) is 11.4 Å². The molecule has 21 unspecified atom stereocenters. The number of hydrogen-bond donors (Lipinski definition) is 28. The largest absolute Gasteiger partial charge is 0.389 e. The van der Waals surface area contributed by atoms with Gasteiger partial charge in [0, 0.05) is 74.8 Å². The van der Waals surface area contributed by atoms with Crippen molar-refractivity contribution in [3.63, 3.8) is 0 Å². The summed E-state index contributed by atoms with van der Waals surface area (Å²) in [5, 5.41) is 145. The van der Waals surface area contributed by atoms with Crippen molar-refractivity contribution in [1.82, 2.24) is 10.6 Å². The van der Waals surface area contributed by atoms with Crippen LogP contribution >= 0.6 is 24.4 Å². The Kier molecular flexibility index (Phi) is 27.0. The Hall–Kier alpha value is -2.84. The van der Waals surface area contributed by atoms with Gasteiger partial charge in [0.2, 0.25) is 0 Å². The zero-order valence-electron chi connectivity index (χ0n) is 51.9. The standard InChI is InChI=1S/C54H98N16O24S2/c55-7-19-31(73)35(77)25(63)47(83-19)89-41-17(61)5-15(59)29(71)45(41)93-51-39(81)43(91-49-27(65)37(79)33(75)21(9-57)85-49)23(87-51)11-67-53(95)69-13-2-1-3-14(4-13)70-54(96)68-12-24-44(92-50-28(66)38(80)34(76)22(10-58)86-50)40(82)52(88-24)94-46-30(72)16(60)6-18(62)42(46)90-48-26(64)36(78)32(74)20(8-56)84-48/h1-4,15-52,71-82H,5-12,55-66H2,(H2,67,69,95)(H2,68,70,96)/t15-,16+,17?,18?,19?,20?,21+,22-,23-,24-,25?,26?,27?,28?,29?,30+,31?,32?,33?,34?,35-,36-,37?,38?,39?,40?,41?,42?,43+,44?,45-,46?,47-,48+,49-,50+,51+,52+/m1/s1. The molecule has 2 saturated carbocycles. The summed E-state index contributed by atoms with van der Waals surface area (Å²) in [7, 11) is 0. The zero-order valence-corrected chi connectivity index (χ0v) is 53.5. The van der Waals surface area contributed by atoms with Crippen molar-refractivity contribution in [3.8, 4) is 0 Å². The first-order valence-corrected chi connectivity index (χ1v) is 32.4. The highest BCUT2D eigenvalue weighted by Crippen LogP contribution is 2.38. The van der Waals surface area contributed by atoms with E-state index in [1.807, 2.05) is 0 Å². The molecule has 6 aliphatic heterocycles. The molecule has 6 heterocycles. The van der Waals surface area contributed by atoms with Crippen molar-refractivity contribution >= 4 is 46.0 Å². The molecule has 6 saturated heterocycles. The van der Waals surface area contributed by atoms with Crippen LogP contribution in [0.3, 0.4) is 0 Å². The first kappa shape index (κ1) is 77.3. The number of aliphatic hydroxyl groups excluding tert-OH is 12. The molecule has 1 aromatic carbocycles. The van der Waals surface area contributed by atoms with E-state index >= 15 is 0 Å². The number of rotatable bonds is 22. The van der Waals surface area contributed by atoms with Gasteiger partial charge in [0.05, 0.1) is 36.4 Å². The summed E-state index contributed by atoms with van der Waals surface area (Å²) in [6, 6.07) is -2.73. The van der Waals surface area contributed by atoms with E-state index in [0.29, 0.717) is 11.4 Å². The fraction of sp³-hybridized carbons (Fsp3) is 0.852. The van der Waals surface area contributed by atoms with Crippen molar-refractivity contribution in [1.29, 1.82) is 0 Å². The van der Waals surface area contributed by atoms with Crippen molar-refractivity contribution in [2.24, 2.45) is 68.8 Å². The molecular formula is C54H98N16O24S2. The summed E-state index contributed by atoms with van der Waals surface area (Å²) in [4.78, 5) is 0. The van der Waals surface area contributed by atoms with Crippen molar-refractivity contribution < 1.29 is 118 Å². The van der Waals surface area contributed by atoms with Gasteiger partial charge in [-0.3, -0.25) is 0 Å². The van der Waals surface area contributed by atoms with Crippen LogP contribution < -0.4 is 90.1 Å². The Bertz CT molecular complexity index is 2500. The molecule has 42 heteroatoms.